The molecule has 0 aromatic heterocycles. The average Bonchev–Trinajstić information content (AvgIpc) is 2.95. The highest BCUT2D eigenvalue weighted by molar-refractivity contribution is 7.86. The Bertz CT molecular complexity index is 591. The van der Waals surface area contributed by atoms with Gasteiger partial charge < -0.3 is 0 Å². The zero-order chi connectivity index (χ0) is 15.2. The molecule has 1 aliphatic rings. The fourth-order valence-electron chi connectivity index (χ4n) is 3.61. The van der Waals surface area contributed by atoms with Crippen LogP contribution in [0, 0.1) is 0 Å². The molecule has 1 fully saturated rings. The van der Waals surface area contributed by atoms with Crippen molar-refractivity contribution in [1.82, 2.24) is 0 Å². The zero-order valence-electron chi connectivity index (χ0n) is 12.9. The monoisotopic (exact) mass is 312 g/mol. The molecule has 1 aliphatic carbocycles. The normalized spacial score (nSPS) is 30.2. The van der Waals surface area contributed by atoms with Gasteiger partial charge in [-0.15, -0.1) is 0 Å². The molecule has 2 unspecified atom stereocenters. The third-order valence-corrected chi connectivity index (χ3v) is 10.3. The molecule has 3 nitrogen and oxygen atoms in total. The maximum atomic E-state index is 12.4. The van der Waals surface area contributed by atoms with Crippen LogP contribution in [0.5, 0.6) is 0 Å². The quantitative estimate of drug-likeness (QED) is 0.608. The molecular weight excluding hydrogens is 288 g/mol. The lowest BCUT2D eigenvalue weighted by Crippen LogP contribution is -2.37. The highest BCUT2D eigenvalue weighted by Gasteiger charge is 2.71. The van der Waals surface area contributed by atoms with Gasteiger partial charge in [-0.2, -0.15) is 8.42 Å². The lowest BCUT2D eigenvalue weighted by molar-refractivity contribution is 0.189. The smallest absolute Gasteiger partial charge is 0.260 e. The predicted molar refractivity (Wildman–Crippen MR) is 84.1 cm³/mol. The summed E-state index contributed by atoms with van der Waals surface area (Å²) in [5, 5.41) is 0.0574. The van der Waals surface area contributed by atoms with E-state index in [4.69, 9.17) is 4.18 Å². The first-order valence-electron chi connectivity index (χ1n) is 7.09. The van der Waals surface area contributed by atoms with Crippen LogP contribution in [0.15, 0.2) is 35.2 Å². The molecule has 112 valence electrons. The van der Waals surface area contributed by atoms with Crippen molar-refractivity contribution in [3.8, 4) is 0 Å². The summed E-state index contributed by atoms with van der Waals surface area (Å²) in [5.41, 5.74) is -0.541. The second-order valence-corrected chi connectivity index (χ2v) is 13.9. The van der Waals surface area contributed by atoms with E-state index >= 15 is 0 Å². The van der Waals surface area contributed by atoms with Crippen LogP contribution >= 0.6 is 0 Å². The van der Waals surface area contributed by atoms with Crippen LogP contribution in [0.4, 0.5) is 0 Å². The van der Waals surface area contributed by atoms with Crippen molar-refractivity contribution in [2.45, 2.75) is 61.9 Å². The van der Waals surface area contributed by atoms with Gasteiger partial charge in [-0.25, -0.2) is 0 Å². The Kier molecular flexibility index (Phi) is 3.68. The van der Waals surface area contributed by atoms with Crippen LogP contribution in [0.1, 0.15) is 26.7 Å². The Morgan fingerprint density at radius 3 is 2.15 bits per heavy atom. The molecule has 2 atom stereocenters. The van der Waals surface area contributed by atoms with E-state index < -0.39 is 23.8 Å². The highest BCUT2D eigenvalue weighted by Crippen LogP contribution is 2.72. The van der Waals surface area contributed by atoms with Crippen LogP contribution in [0.3, 0.4) is 0 Å². The van der Waals surface area contributed by atoms with E-state index in [2.05, 4.69) is 26.6 Å². The van der Waals surface area contributed by atoms with Gasteiger partial charge in [-0.3, -0.25) is 4.18 Å². The zero-order valence-corrected chi connectivity index (χ0v) is 14.8. The summed E-state index contributed by atoms with van der Waals surface area (Å²) in [5.74, 6) is 0. The maximum Gasteiger partial charge on any atom is 0.297 e. The van der Waals surface area contributed by atoms with E-state index in [-0.39, 0.29) is 9.93 Å². The average molecular weight is 313 g/mol. The lowest BCUT2D eigenvalue weighted by atomic mass is 10.2. The fourth-order valence-corrected chi connectivity index (χ4v) is 8.54. The van der Waals surface area contributed by atoms with Gasteiger partial charge in [0.25, 0.3) is 10.1 Å². The van der Waals surface area contributed by atoms with Gasteiger partial charge in [0.05, 0.1) is 18.6 Å². The Morgan fingerprint density at radius 1 is 1.20 bits per heavy atom. The molecule has 0 spiro atoms. The molecular formula is C15H24O3SSi. The van der Waals surface area contributed by atoms with Crippen molar-refractivity contribution in [3.05, 3.63) is 30.3 Å². The van der Waals surface area contributed by atoms with Crippen molar-refractivity contribution in [1.29, 1.82) is 0 Å². The van der Waals surface area contributed by atoms with Crippen molar-refractivity contribution in [2.24, 2.45) is 0 Å². The molecule has 0 N–H and O–H groups in total. The largest absolute Gasteiger partial charge is 0.297 e. The van der Waals surface area contributed by atoms with Gasteiger partial charge in [0, 0.05) is 0 Å². The van der Waals surface area contributed by atoms with E-state index in [1.807, 2.05) is 6.92 Å². The minimum absolute atomic E-state index is 0.0574. The third-order valence-electron chi connectivity index (χ3n) is 4.89. The van der Waals surface area contributed by atoms with Crippen molar-refractivity contribution < 1.29 is 12.6 Å². The van der Waals surface area contributed by atoms with E-state index in [0.29, 0.717) is 0 Å². The van der Waals surface area contributed by atoms with Crippen LogP contribution in [0.25, 0.3) is 0 Å². The Morgan fingerprint density at radius 2 is 1.75 bits per heavy atom. The third kappa shape index (κ3) is 2.36. The predicted octanol–water partition coefficient (Wildman–Crippen LogP) is 4.04. The first-order valence-corrected chi connectivity index (χ1v) is 12.0. The molecule has 0 bridgehead atoms. The topological polar surface area (TPSA) is 43.4 Å². The summed E-state index contributed by atoms with van der Waals surface area (Å²) in [6.45, 7) is 11.0. The molecule has 5 heteroatoms. The Labute approximate surface area is 123 Å². The summed E-state index contributed by atoms with van der Waals surface area (Å²) >= 11 is 0. The standard InChI is InChI=1S/C15H24O3SSi/c1-6-15(20(3,4)5)12-14(15,2)18-19(16,17)13-10-8-7-9-11-13/h7-11H,6,12H2,1-5H3. The number of hydrogen-bond donors (Lipinski definition) is 0. The van der Waals surface area contributed by atoms with Crippen molar-refractivity contribution in [2.75, 3.05) is 0 Å². The van der Waals surface area contributed by atoms with E-state index in [9.17, 15) is 8.42 Å². The van der Waals surface area contributed by atoms with Crippen molar-refractivity contribution in [3.63, 3.8) is 0 Å². The van der Waals surface area contributed by atoms with Gasteiger partial charge in [0.15, 0.2) is 0 Å². The minimum Gasteiger partial charge on any atom is -0.260 e. The number of rotatable bonds is 5. The first-order chi connectivity index (χ1) is 9.08. The highest BCUT2D eigenvalue weighted by atomic mass is 32.2. The molecule has 20 heavy (non-hydrogen) atoms. The summed E-state index contributed by atoms with van der Waals surface area (Å²) < 4.78 is 30.5. The first kappa shape index (κ1) is 15.7. The Hall–Kier alpha value is -0.653. The molecule has 0 amide bonds. The van der Waals surface area contributed by atoms with Gasteiger partial charge in [0.2, 0.25) is 0 Å². The number of benzene rings is 1. The SMILES string of the molecule is CCC1([Si](C)(C)C)CC1(C)OS(=O)(=O)c1ccccc1. The molecule has 1 aromatic carbocycles. The molecule has 2 rings (SSSR count). The van der Waals surface area contributed by atoms with E-state index in [0.717, 1.165) is 12.8 Å². The second kappa shape index (κ2) is 4.68. The van der Waals surface area contributed by atoms with Crippen LogP contribution < -0.4 is 0 Å². The summed E-state index contributed by atoms with van der Waals surface area (Å²) in [6.07, 6.45) is 1.82. The fraction of sp³-hybridized carbons (Fsp3) is 0.600. The van der Waals surface area contributed by atoms with Gasteiger partial charge in [0.1, 0.15) is 0 Å². The van der Waals surface area contributed by atoms with E-state index in [1.165, 1.54) is 0 Å². The minimum atomic E-state index is -3.67. The van der Waals surface area contributed by atoms with Gasteiger partial charge in [-0.1, -0.05) is 44.8 Å². The number of hydrogen-bond acceptors (Lipinski definition) is 3. The molecule has 0 radical (unpaired) electrons. The molecule has 1 aromatic rings. The van der Waals surface area contributed by atoms with Gasteiger partial charge in [-0.05, 0) is 36.9 Å². The maximum absolute atomic E-state index is 12.4. The van der Waals surface area contributed by atoms with Crippen molar-refractivity contribution >= 4 is 18.2 Å². The van der Waals surface area contributed by atoms with Crippen LogP contribution in [0.2, 0.25) is 24.7 Å². The van der Waals surface area contributed by atoms with E-state index in [1.54, 1.807) is 30.3 Å². The van der Waals surface area contributed by atoms with Crippen LogP contribution in [-0.2, 0) is 14.3 Å². The van der Waals surface area contributed by atoms with Crippen LogP contribution in [-0.4, -0.2) is 22.1 Å². The molecule has 0 heterocycles. The molecule has 0 saturated heterocycles. The Balaban J connectivity index is 2.28. The summed E-state index contributed by atoms with van der Waals surface area (Å²) in [4.78, 5) is 0.244. The molecule has 0 aliphatic heterocycles. The summed E-state index contributed by atoms with van der Waals surface area (Å²) in [6, 6.07) is 8.41. The molecule has 1 saturated carbocycles. The van der Waals surface area contributed by atoms with Gasteiger partial charge >= 0.3 is 0 Å². The lowest BCUT2D eigenvalue weighted by Gasteiger charge is -2.32. The second-order valence-electron chi connectivity index (χ2n) is 6.94. The summed E-state index contributed by atoms with van der Waals surface area (Å²) in [7, 11) is -5.17.